The summed E-state index contributed by atoms with van der Waals surface area (Å²) in [5.41, 5.74) is 2.13. The van der Waals surface area contributed by atoms with E-state index in [1.807, 2.05) is 19.9 Å². The Morgan fingerprint density at radius 3 is 2.19 bits per heavy atom. The Morgan fingerprint density at radius 2 is 1.81 bits per heavy atom. The van der Waals surface area contributed by atoms with Gasteiger partial charge in [-0.25, -0.2) is 0 Å². The average molecular weight is 222 g/mol. The smallest absolute Gasteiger partial charge is 0.0823 e. The molecule has 92 valence electrons. The van der Waals surface area contributed by atoms with E-state index in [1.165, 1.54) is 0 Å². The van der Waals surface area contributed by atoms with E-state index in [9.17, 15) is 5.11 Å². The summed E-state index contributed by atoms with van der Waals surface area (Å²) in [6, 6.07) is 0. The van der Waals surface area contributed by atoms with Crippen molar-refractivity contribution in [1.82, 2.24) is 0 Å². The minimum absolute atomic E-state index is 0.353. The Balaban J connectivity index is 0.00000106. The van der Waals surface area contributed by atoms with Gasteiger partial charge in [-0.15, -0.1) is 0 Å². The quantitative estimate of drug-likeness (QED) is 0.762. The second-order valence-electron chi connectivity index (χ2n) is 4.28. The summed E-state index contributed by atoms with van der Waals surface area (Å²) in [6.07, 6.45) is 5.34. The molecule has 2 atom stereocenters. The molecular formula is C15H26O. The first kappa shape index (κ1) is 15.2. The van der Waals surface area contributed by atoms with E-state index in [2.05, 4.69) is 27.0 Å². The van der Waals surface area contributed by atoms with Gasteiger partial charge in [-0.3, -0.25) is 0 Å². The largest absolute Gasteiger partial charge is 0.388 e. The maximum atomic E-state index is 10.1. The van der Waals surface area contributed by atoms with E-state index in [0.29, 0.717) is 11.8 Å². The van der Waals surface area contributed by atoms with Gasteiger partial charge in [-0.1, -0.05) is 53.0 Å². The highest BCUT2D eigenvalue weighted by molar-refractivity contribution is 5.36. The molecule has 0 spiro atoms. The van der Waals surface area contributed by atoms with Crippen LogP contribution in [0.3, 0.4) is 0 Å². The van der Waals surface area contributed by atoms with Crippen LogP contribution in [0.1, 0.15) is 40.5 Å². The lowest BCUT2D eigenvalue weighted by molar-refractivity contribution is 0.101. The molecule has 1 nitrogen and oxygen atoms in total. The molecule has 1 aliphatic rings. The molecule has 2 unspecified atom stereocenters. The molecule has 0 saturated carbocycles. The molecule has 0 fully saturated rings. The maximum Gasteiger partial charge on any atom is 0.0823 e. The van der Waals surface area contributed by atoms with E-state index in [4.69, 9.17) is 0 Å². The molecule has 1 aliphatic carbocycles. The van der Waals surface area contributed by atoms with Crippen LogP contribution in [0.5, 0.6) is 0 Å². The summed E-state index contributed by atoms with van der Waals surface area (Å²) in [6.45, 7) is 15.9. The molecule has 16 heavy (non-hydrogen) atoms. The molecule has 1 rings (SSSR count). The number of aliphatic hydroxyl groups excluding tert-OH is 1. The van der Waals surface area contributed by atoms with E-state index < -0.39 is 0 Å². The number of allylic oxidation sites excluding steroid dienone is 2. The fourth-order valence-electron chi connectivity index (χ4n) is 2.21. The minimum Gasteiger partial charge on any atom is -0.388 e. The van der Waals surface area contributed by atoms with Gasteiger partial charge in [-0.2, -0.15) is 0 Å². The highest BCUT2D eigenvalue weighted by Crippen LogP contribution is 2.34. The van der Waals surface area contributed by atoms with Crippen LogP contribution in [0.15, 0.2) is 36.5 Å². The molecule has 0 saturated heterocycles. The molecule has 1 N–H and O–H groups in total. The van der Waals surface area contributed by atoms with E-state index in [0.717, 1.165) is 24.0 Å². The Morgan fingerprint density at radius 1 is 1.25 bits per heavy atom. The van der Waals surface area contributed by atoms with E-state index in [-0.39, 0.29) is 6.10 Å². The number of rotatable bonds is 3. The molecule has 0 heterocycles. The predicted octanol–water partition coefficient (Wildman–Crippen LogP) is 4.11. The normalized spacial score (nSPS) is 24.9. The average Bonchev–Trinajstić information content (AvgIpc) is 2.30. The Kier molecular flexibility index (Phi) is 7.07. The van der Waals surface area contributed by atoms with Gasteiger partial charge in [0.05, 0.1) is 6.10 Å². The van der Waals surface area contributed by atoms with Crippen molar-refractivity contribution in [3.05, 3.63) is 36.5 Å². The number of hydrogen-bond donors (Lipinski definition) is 1. The number of aliphatic hydroxyl groups is 1. The summed E-state index contributed by atoms with van der Waals surface area (Å²) >= 11 is 0. The SMILES string of the molecule is C=CC1=C(C=C)C(O)C(C(C)C)CC1.CC. The molecule has 0 amide bonds. The van der Waals surface area contributed by atoms with Crippen LogP contribution < -0.4 is 0 Å². The Hall–Kier alpha value is -0.820. The first-order valence-corrected chi connectivity index (χ1v) is 6.27. The van der Waals surface area contributed by atoms with Crippen molar-refractivity contribution in [2.24, 2.45) is 11.8 Å². The fourth-order valence-corrected chi connectivity index (χ4v) is 2.21. The van der Waals surface area contributed by atoms with Gasteiger partial charge in [0.1, 0.15) is 0 Å². The van der Waals surface area contributed by atoms with Gasteiger partial charge < -0.3 is 5.11 Å². The summed E-state index contributed by atoms with van der Waals surface area (Å²) in [7, 11) is 0. The van der Waals surface area contributed by atoms with Gasteiger partial charge in [0.15, 0.2) is 0 Å². The third-order valence-electron chi connectivity index (χ3n) is 3.16. The third-order valence-corrected chi connectivity index (χ3v) is 3.16. The van der Waals surface area contributed by atoms with Crippen LogP contribution in [0, 0.1) is 11.8 Å². The lowest BCUT2D eigenvalue weighted by Gasteiger charge is -2.32. The Bertz CT molecular complexity index is 261. The van der Waals surface area contributed by atoms with Crippen LogP contribution in [0.25, 0.3) is 0 Å². The van der Waals surface area contributed by atoms with E-state index in [1.54, 1.807) is 6.08 Å². The zero-order valence-corrected chi connectivity index (χ0v) is 11.2. The topological polar surface area (TPSA) is 20.2 Å². The summed E-state index contributed by atoms with van der Waals surface area (Å²) in [5.74, 6) is 0.887. The molecule has 0 aliphatic heterocycles. The molecule has 0 bridgehead atoms. The maximum absolute atomic E-state index is 10.1. The molecule has 1 heteroatoms. The molecular weight excluding hydrogens is 196 g/mol. The zero-order chi connectivity index (χ0) is 12.7. The number of hydrogen-bond acceptors (Lipinski definition) is 1. The summed E-state index contributed by atoms with van der Waals surface area (Å²) in [4.78, 5) is 0. The zero-order valence-electron chi connectivity index (χ0n) is 11.2. The predicted molar refractivity (Wildman–Crippen MR) is 72.3 cm³/mol. The van der Waals surface area contributed by atoms with Crippen molar-refractivity contribution in [3.63, 3.8) is 0 Å². The highest BCUT2D eigenvalue weighted by atomic mass is 16.3. The van der Waals surface area contributed by atoms with Crippen LogP contribution in [0.2, 0.25) is 0 Å². The molecule has 0 radical (unpaired) electrons. The Labute approximate surface area is 101 Å². The third kappa shape index (κ3) is 3.34. The van der Waals surface area contributed by atoms with E-state index >= 15 is 0 Å². The van der Waals surface area contributed by atoms with Crippen molar-refractivity contribution < 1.29 is 5.11 Å². The highest BCUT2D eigenvalue weighted by Gasteiger charge is 2.29. The van der Waals surface area contributed by atoms with Crippen LogP contribution in [-0.4, -0.2) is 11.2 Å². The second-order valence-corrected chi connectivity index (χ2v) is 4.28. The van der Waals surface area contributed by atoms with Gasteiger partial charge in [0, 0.05) is 0 Å². The van der Waals surface area contributed by atoms with Crippen molar-refractivity contribution in [1.29, 1.82) is 0 Å². The van der Waals surface area contributed by atoms with Crippen molar-refractivity contribution in [2.45, 2.75) is 46.6 Å². The van der Waals surface area contributed by atoms with Crippen molar-refractivity contribution in [2.75, 3.05) is 0 Å². The second kappa shape index (κ2) is 7.45. The van der Waals surface area contributed by atoms with Gasteiger partial charge >= 0.3 is 0 Å². The molecule has 0 aromatic rings. The van der Waals surface area contributed by atoms with Gasteiger partial charge in [0.25, 0.3) is 0 Å². The van der Waals surface area contributed by atoms with Crippen molar-refractivity contribution >= 4 is 0 Å². The summed E-state index contributed by atoms with van der Waals surface area (Å²) < 4.78 is 0. The lowest BCUT2D eigenvalue weighted by atomic mass is 9.76. The standard InChI is InChI=1S/C13H20O.C2H6/c1-5-10-7-8-12(9(3)4)13(14)11(10)6-2;1-2/h5-6,9,12-14H,1-2,7-8H2,3-4H3;1-2H3. The first-order valence-electron chi connectivity index (χ1n) is 6.27. The van der Waals surface area contributed by atoms with Crippen molar-refractivity contribution in [3.8, 4) is 0 Å². The van der Waals surface area contributed by atoms with Crippen LogP contribution >= 0.6 is 0 Å². The molecule has 0 aromatic carbocycles. The molecule has 0 aromatic heterocycles. The van der Waals surface area contributed by atoms with Crippen LogP contribution in [0.4, 0.5) is 0 Å². The van der Waals surface area contributed by atoms with Gasteiger partial charge in [-0.05, 0) is 35.8 Å². The monoisotopic (exact) mass is 222 g/mol. The first-order chi connectivity index (χ1) is 7.61. The summed E-state index contributed by atoms with van der Waals surface area (Å²) in [5, 5.41) is 10.1. The lowest BCUT2D eigenvalue weighted by Crippen LogP contribution is -2.30. The van der Waals surface area contributed by atoms with Gasteiger partial charge in [0.2, 0.25) is 0 Å². The van der Waals surface area contributed by atoms with Crippen LogP contribution in [-0.2, 0) is 0 Å². The fraction of sp³-hybridized carbons (Fsp3) is 0.600. The minimum atomic E-state index is -0.353.